The van der Waals surface area contributed by atoms with E-state index in [2.05, 4.69) is 4.90 Å². The zero-order valence-corrected chi connectivity index (χ0v) is 11.4. The van der Waals surface area contributed by atoms with E-state index in [9.17, 15) is 4.39 Å². The number of hydrogen-bond acceptors (Lipinski definition) is 3. The molecule has 2 rings (SSSR count). The van der Waals surface area contributed by atoms with Gasteiger partial charge in [0.05, 0.1) is 0 Å². The molecule has 3 nitrogen and oxygen atoms in total. The molecule has 19 heavy (non-hydrogen) atoms. The fourth-order valence-corrected chi connectivity index (χ4v) is 2.50. The van der Waals surface area contributed by atoms with Gasteiger partial charge in [-0.25, -0.2) is 4.39 Å². The number of ether oxygens (including phenoxy) is 1. The summed E-state index contributed by atoms with van der Waals surface area (Å²) in [6, 6.07) is 6.75. The molecule has 0 amide bonds. The topological polar surface area (TPSA) is 38.5 Å². The lowest BCUT2D eigenvalue weighted by Crippen LogP contribution is -2.34. The summed E-state index contributed by atoms with van der Waals surface area (Å²) < 4.78 is 18.4. The van der Waals surface area contributed by atoms with E-state index in [-0.39, 0.29) is 5.82 Å². The molecule has 2 N–H and O–H groups in total. The van der Waals surface area contributed by atoms with Crippen molar-refractivity contribution >= 4 is 5.69 Å². The average molecular weight is 266 g/mol. The molecule has 0 radical (unpaired) electrons. The number of anilines is 1. The maximum Gasteiger partial charge on any atom is 0.123 e. The molecule has 0 aromatic heterocycles. The van der Waals surface area contributed by atoms with Crippen LogP contribution >= 0.6 is 0 Å². The second kappa shape index (κ2) is 7.46. The van der Waals surface area contributed by atoms with Crippen molar-refractivity contribution in [3.8, 4) is 0 Å². The molecule has 1 aliphatic heterocycles. The monoisotopic (exact) mass is 266 g/mol. The Balaban J connectivity index is 1.99. The van der Waals surface area contributed by atoms with Gasteiger partial charge in [-0.05, 0) is 56.0 Å². The lowest BCUT2D eigenvalue weighted by molar-refractivity contribution is 0.0682. The lowest BCUT2D eigenvalue weighted by atomic mass is 9.99. The highest BCUT2D eigenvalue weighted by atomic mass is 19.1. The van der Waals surface area contributed by atoms with Crippen molar-refractivity contribution in [2.45, 2.75) is 19.3 Å². The first-order valence-corrected chi connectivity index (χ1v) is 7.08. The van der Waals surface area contributed by atoms with Crippen LogP contribution in [0.2, 0.25) is 0 Å². The quantitative estimate of drug-likeness (QED) is 0.859. The summed E-state index contributed by atoms with van der Waals surface area (Å²) in [5, 5.41) is 0. The van der Waals surface area contributed by atoms with Gasteiger partial charge < -0.3 is 15.4 Å². The SMILES string of the molecule is NCCCN(CC1CCOCC1)c1ccc(F)cc1. The second-order valence-electron chi connectivity index (χ2n) is 5.12. The number of nitrogens with zero attached hydrogens (tertiary/aromatic N) is 1. The molecule has 1 heterocycles. The van der Waals surface area contributed by atoms with Crippen LogP contribution in [0.4, 0.5) is 10.1 Å². The number of hydrogen-bond donors (Lipinski definition) is 1. The number of rotatable bonds is 6. The maximum absolute atomic E-state index is 13.0. The van der Waals surface area contributed by atoms with Gasteiger partial charge in [-0.3, -0.25) is 0 Å². The van der Waals surface area contributed by atoms with Crippen LogP contribution in [-0.4, -0.2) is 32.8 Å². The van der Waals surface area contributed by atoms with E-state index < -0.39 is 0 Å². The molecule has 0 aliphatic carbocycles. The van der Waals surface area contributed by atoms with E-state index in [1.807, 2.05) is 12.1 Å². The first-order valence-electron chi connectivity index (χ1n) is 7.08. The predicted octanol–water partition coefficient (Wildman–Crippen LogP) is 2.41. The zero-order valence-electron chi connectivity index (χ0n) is 11.4. The summed E-state index contributed by atoms with van der Waals surface area (Å²) in [7, 11) is 0. The molecule has 1 aliphatic rings. The Morgan fingerprint density at radius 1 is 1.21 bits per heavy atom. The number of benzene rings is 1. The second-order valence-corrected chi connectivity index (χ2v) is 5.12. The molecule has 1 aromatic rings. The Morgan fingerprint density at radius 3 is 2.53 bits per heavy atom. The summed E-state index contributed by atoms with van der Waals surface area (Å²) in [4.78, 5) is 2.32. The van der Waals surface area contributed by atoms with Crippen molar-refractivity contribution in [3.05, 3.63) is 30.1 Å². The van der Waals surface area contributed by atoms with Gasteiger partial charge in [0.1, 0.15) is 5.82 Å². The average Bonchev–Trinajstić information content (AvgIpc) is 2.45. The van der Waals surface area contributed by atoms with Gasteiger partial charge in [0, 0.05) is 32.0 Å². The Morgan fingerprint density at radius 2 is 1.89 bits per heavy atom. The summed E-state index contributed by atoms with van der Waals surface area (Å²) >= 11 is 0. The zero-order chi connectivity index (χ0) is 13.5. The third-order valence-electron chi connectivity index (χ3n) is 3.64. The van der Waals surface area contributed by atoms with E-state index in [1.54, 1.807) is 0 Å². The minimum Gasteiger partial charge on any atom is -0.381 e. The molecule has 0 unspecified atom stereocenters. The van der Waals surface area contributed by atoms with Crippen LogP contribution in [0.3, 0.4) is 0 Å². The van der Waals surface area contributed by atoms with E-state index >= 15 is 0 Å². The minimum absolute atomic E-state index is 0.186. The Bertz CT molecular complexity index is 363. The van der Waals surface area contributed by atoms with E-state index in [1.165, 1.54) is 12.1 Å². The van der Waals surface area contributed by atoms with Crippen molar-refractivity contribution in [1.29, 1.82) is 0 Å². The Hall–Kier alpha value is -1.13. The smallest absolute Gasteiger partial charge is 0.123 e. The van der Waals surface area contributed by atoms with Crippen LogP contribution < -0.4 is 10.6 Å². The molecule has 1 fully saturated rings. The van der Waals surface area contributed by atoms with E-state index in [0.717, 1.165) is 51.3 Å². The highest BCUT2D eigenvalue weighted by molar-refractivity contribution is 5.46. The maximum atomic E-state index is 13.0. The fraction of sp³-hybridized carbons (Fsp3) is 0.600. The number of nitrogens with two attached hydrogens (primary N) is 1. The molecule has 0 spiro atoms. The first-order chi connectivity index (χ1) is 9.29. The first kappa shape index (κ1) is 14.3. The molecular formula is C15H23FN2O. The van der Waals surface area contributed by atoms with Gasteiger partial charge in [0.25, 0.3) is 0 Å². The van der Waals surface area contributed by atoms with Crippen LogP contribution in [0.25, 0.3) is 0 Å². The summed E-state index contributed by atoms with van der Waals surface area (Å²) in [6.45, 7) is 4.34. The van der Waals surface area contributed by atoms with Crippen LogP contribution in [0.15, 0.2) is 24.3 Å². The van der Waals surface area contributed by atoms with Crippen LogP contribution in [0, 0.1) is 11.7 Å². The highest BCUT2D eigenvalue weighted by Gasteiger charge is 2.17. The summed E-state index contributed by atoms with van der Waals surface area (Å²) in [6.07, 6.45) is 3.18. The third kappa shape index (κ3) is 4.48. The van der Waals surface area contributed by atoms with Gasteiger partial charge in [0.2, 0.25) is 0 Å². The summed E-state index contributed by atoms with van der Waals surface area (Å²) in [5.41, 5.74) is 6.69. The normalized spacial score (nSPS) is 16.5. The largest absolute Gasteiger partial charge is 0.381 e. The predicted molar refractivity (Wildman–Crippen MR) is 75.8 cm³/mol. The molecule has 0 bridgehead atoms. The van der Waals surface area contributed by atoms with E-state index in [0.29, 0.717) is 12.5 Å². The van der Waals surface area contributed by atoms with Gasteiger partial charge in [0.15, 0.2) is 0 Å². The van der Waals surface area contributed by atoms with Crippen molar-refractivity contribution in [1.82, 2.24) is 0 Å². The van der Waals surface area contributed by atoms with Crippen molar-refractivity contribution < 1.29 is 9.13 Å². The minimum atomic E-state index is -0.186. The van der Waals surface area contributed by atoms with Crippen LogP contribution in [0.5, 0.6) is 0 Å². The van der Waals surface area contributed by atoms with Crippen molar-refractivity contribution in [2.24, 2.45) is 11.7 Å². The Kier molecular flexibility index (Phi) is 5.61. The molecule has 0 saturated carbocycles. The molecule has 1 aromatic carbocycles. The highest BCUT2D eigenvalue weighted by Crippen LogP contribution is 2.21. The molecule has 1 saturated heterocycles. The molecule has 4 heteroatoms. The lowest BCUT2D eigenvalue weighted by Gasteiger charge is -2.31. The van der Waals surface area contributed by atoms with Gasteiger partial charge >= 0.3 is 0 Å². The summed E-state index contributed by atoms with van der Waals surface area (Å²) in [5.74, 6) is 0.477. The van der Waals surface area contributed by atoms with Crippen molar-refractivity contribution in [3.63, 3.8) is 0 Å². The number of halogens is 1. The van der Waals surface area contributed by atoms with Crippen LogP contribution in [-0.2, 0) is 4.74 Å². The van der Waals surface area contributed by atoms with Gasteiger partial charge in [-0.2, -0.15) is 0 Å². The third-order valence-corrected chi connectivity index (χ3v) is 3.64. The molecular weight excluding hydrogens is 243 g/mol. The van der Waals surface area contributed by atoms with Gasteiger partial charge in [-0.15, -0.1) is 0 Å². The molecule has 0 atom stereocenters. The standard InChI is InChI=1S/C15H23FN2O/c16-14-2-4-15(5-3-14)18(9-1-8-17)12-13-6-10-19-11-7-13/h2-5,13H,1,6-12,17H2. The Labute approximate surface area is 114 Å². The van der Waals surface area contributed by atoms with Gasteiger partial charge in [-0.1, -0.05) is 0 Å². The van der Waals surface area contributed by atoms with E-state index in [4.69, 9.17) is 10.5 Å². The molecule has 106 valence electrons. The van der Waals surface area contributed by atoms with Crippen LogP contribution in [0.1, 0.15) is 19.3 Å². The van der Waals surface area contributed by atoms with Crippen molar-refractivity contribution in [2.75, 3.05) is 37.7 Å². The fourth-order valence-electron chi connectivity index (χ4n) is 2.50.